The van der Waals surface area contributed by atoms with Gasteiger partial charge in [-0.1, -0.05) is 18.2 Å². The first-order chi connectivity index (χ1) is 8.42. The minimum Gasteiger partial charge on any atom is -0.405 e. The van der Waals surface area contributed by atoms with Crippen molar-refractivity contribution in [2.45, 2.75) is 19.8 Å². The number of hydrogen-bond donors (Lipinski definition) is 2. The minimum absolute atomic E-state index is 0.0189. The maximum atomic E-state index is 12.1. The van der Waals surface area contributed by atoms with Gasteiger partial charge in [0.1, 0.15) is 5.75 Å². The molecule has 3 N–H and O–H groups in total. The van der Waals surface area contributed by atoms with Gasteiger partial charge in [-0.2, -0.15) is 0 Å². The van der Waals surface area contributed by atoms with Crippen LogP contribution in [0.25, 0.3) is 0 Å². The maximum absolute atomic E-state index is 12.1. The predicted octanol–water partition coefficient (Wildman–Crippen LogP) is 2.01. The largest absolute Gasteiger partial charge is 0.573 e. The zero-order chi connectivity index (χ0) is 13.6. The highest BCUT2D eigenvalue weighted by Crippen LogP contribution is 2.26. The van der Waals surface area contributed by atoms with E-state index in [1.165, 1.54) is 18.2 Å². The smallest absolute Gasteiger partial charge is 0.405 e. The summed E-state index contributed by atoms with van der Waals surface area (Å²) in [6.07, 6.45) is -4.72. The Morgan fingerprint density at radius 2 is 2.06 bits per heavy atom. The van der Waals surface area contributed by atoms with Crippen LogP contribution in [0.4, 0.5) is 13.2 Å². The molecule has 0 atom stereocenters. The third kappa shape index (κ3) is 4.94. The molecule has 0 heterocycles. The van der Waals surface area contributed by atoms with Crippen LogP contribution in [-0.2, 0) is 6.54 Å². The van der Waals surface area contributed by atoms with Crippen LogP contribution in [0.3, 0.4) is 0 Å². The lowest BCUT2D eigenvalue weighted by Crippen LogP contribution is -2.31. The van der Waals surface area contributed by atoms with Crippen molar-refractivity contribution in [1.29, 1.82) is 0 Å². The number of benzene rings is 1. The molecule has 0 bridgehead atoms. The third-order valence-corrected chi connectivity index (χ3v) is 1.98. The number of halogens is 3. The Morgan fingerprint density at radius 3 is 2.67 bits per heavy atom. The molecule has 0 spiro atoms. The molecule has 1 aromatic carbocycles. The molecule has 0 aliphatic heterocycles. The predicted molar refractivity (Wildman–Crippen MR) is 62.1 cm³/mol. The lowest BCUT2D eigenvalue weighted by molar-refractivity contribution is -0.274. The van der Waals surface area contributed by atoms with Gasteiger partial charge in [-0.05, 0) is 13.0 Å². The van der Waals surface area contributed by atoms with Gasteiger partial charge < -0.3 is 15.8 Å². The number of alkyl halides is 3. The number of nitrogens with zero attached hydrogens (tertiary/aromatic N) is 1. The van der Waals surface area contributed by atoms with Crippen LogP contribution >= 0.6 is 0 Å². The number of aliphatic imine (C=N–C) groups is 1. The van der Waals surface area contributed by atoms with Crippen molar-refractivity contribution in [2.24, 2.45) is 10.7 Å². The molecule has 0 saturated heterocycles. The Hall–Kier alpha value is -1.92. The molecule has 1 rings (SSSR count). The van der Waals surface area contributed by atoms with Gasteiger partial charge >= 0.3 is 6.36 Å². The topological polar surface area (TPSA) is 59.6 Å². The summed E-state index contributed by atoms with van der Waals surface area (Å²) in [6, 6.07) is 5.81. The Labute approximate surface area is 103 Å². The molecule has 4 nitrogen and oxygen atoms in total. The summed E-state index contributed by atoms with van der Waals surface area (Å²) in [6.45, 7) is 2.45. The second-order valence-corrected chi connectivity index (χ2v) is 3.39. The number of guanidine groups is 1. The first-order valence-electron chi connectivity index (χ1n) is 5.30. The molecule has 0 aliphatic carbocycles. The normalized spacial score (nSPS) is 12.3. The summed E-state index contributed by atoms with van der Waals surface area (Å²) in [5.41, 5.74) is 5.80. The summed E-state index contributed by atoms with van der Waals surface area (Å²) in [7, 11) is 0. The molecule has 0 saturated carbocycles. The van der Waals surface area contributed by atoms with Crippen molar-refractivity contribution < 1.29 is 17.9 Å². The van der Waals surface area contributed by atoms with Crippen molar-refractivity contribution in [2.75, 3.05) is 6.54 Å². The van der Waals surface area contributed by atoms with Gasteiger partial charge in [-0.15, -0.1) is 13.2 Å². The first kappa shape index (κ1) is 14.1. The van der Waals surface area contributed by atoms with E-state index in [0.717, 1.165) is 0 Å². The number of hydrogen-bond acceptors (Lipinski definition) is 2. The van der Waals surface area contributed by atoms with E-state index < -0.39 is 6.36 Å². The fourth-order valence-electron chi connectivity index (χ4n) is 1.27. The van der Waals surface area contributed by atoms with Crippen molar-refractivity contribution in [3.05, 3.63) is 29.8 Å². The van der Waals surface area contributed by atoms with E-state index in [1.54, 1.807) is 6.07 Å². The standard InChI is InChI=1S/C11H14F3N3O/c1-2-16-10(15)17-7-8-5-3-4-6-9(8)18-11(12,13)14/h3-6H,2,7H2,1H3,(H3,15,16,17). The highest BCUT2D eigenvalue weighted by atomic mass is 19.4. The fraction of sp³-hybridized carbons (Fsp3) is 0.364. The van der Waals surface area contributed by atoms with Crippen LogP contribution in [0.2, 0.25) is 0 Å². The summed E-state index contributed by atoms with van der Waals surface area (Å²) >= 11 is 0. The molecular weight excluding hydrogens is 247 g/mol. The average molecular weight is 261 g/mol. The quantitative estimate of drug-likeness (QED) is 0.644. The number of nitrogens with one attached hydrogen (secondary N) is 1. The molecule has 0 aromatic heterocycles. The van der Waals surface area contributed by atoms with E-state index in [9.17, 15) is 13.2 Å². The molecule has 0 unspecified atom stereocenters. The Morgan fingerprint density at radius 1 is 1.39 bits per heavy atom. The first-order valence-corrected chi connectivity index (χ1v) is 5.30. The molecule has 0 radical (unpaired) electrons. The molecule has 0 aliphatic rings. The lowest BCUT2D eigenvalue weighted by Gasteiger charge is -2.12. The number of para-hydroxylation sites is 1. The van der Waals surface area contributed by atoms with E-state index in [2.05, 4.69) is 15.0 Å². The van der Waals surface area contributed by atoms with Crippen molar-refractivity contribution >= 4 is 5.96 Å². The maximum Gasteiger partial charge on any atom is 0.573 e. The van der Waals surface area contributed by atoms with Gasteiger partial charge in [0.05, 0.1) is 6.54 Å². The highest BCUT2D eigenvalue weighted by molar-refractivity contribution is 5.77. The number of nitrogens with two attached hydrogens (primary N) is 1. The van der Waals surface area contributed by atoms with E-state index >= 15 is 0 Å². The summed E-state index contributed by atoms with van der Waals surface area (Å²) in [5, 5.41) is 2.75. The lowest BCUT2D eigenvalue weighted by atomic mass is 10.2. The SMILES string of the molecule is CCNC(N)=NCc1ccccc1OC(F)(F)F. The van der Waals surface area contributed by atoms with Crippen LogP contribution in [0.15, 0.2) is 29.3 Å². The van der Waals surface area contributed by atoms with Gasteiger partial charge in [0.25, 0.3) is 0 Å². The molecule has 0 amide bonds. The number of ether oxygens (including phenoxy) is 1. The Balaban J connectivity index is 2.79. The summed E-state index contributed by atoms with van der Waals surface area (Å²) < 4.78 is 40.3. The van der Waals surface area contributed by atoms with Crippen molar-refractivity contribution in [3.63, 3.8) is 0 Å². The molecular formula is C11H14F3N3O. The second-order valence-electron chi connectivity index (χ2n) is 3.39. The van der Waals surface area contributed by atoms with Gasteiger partial charge in [0.15, 0.2) is 5.96 Å². The van der Waals surface area contributed by atoms with Crippen molar-refractivity contribution in [3.8, 4) is 5.75 Å². The molecule has 18 heavy (non-hydrogen) atoms. The minimum atomic E-state index is -4.72. The van der Waals surface area contributed by atoms with Gasteiger partial charge in [0.2, 0.25) is 0 Å². The second kappa shape index (κ2) is 6.13. The van der Waals surface area contributed by atoms with E-state index in [4.69, 9.17) is 5.73 Å². The average Bonchev–Trinajstić information content (AvgIpc) is 2.26. The van der Waals surface area contributed by atoms with Crippen LogP contribution < -0.4 is 15.8 Å². The molecule has 7 heteroatoms. The fourth-order valence-corrected chi connectivity index (χ4v) is 1.27. The number of rotatable bonds is 4. The van der Waals surface area contributed by atoms with E-state index in [-0.39, 0.29) is 18.3 Å². The van der Waals surface area contributed by atoms with E-state index in [0.29, 0.717) is 12.1 Å². The highest BCUT2D eigenvalue weighted by Gasteiger charge is 2.31. The van der Waals surface area contributed by atoms with Crippen LogP contribution in [0.5, 0.6) is 5.75 Å². The van der Waals surface area contributed by atoms with Crippen LogP contribution in [-0.4, -0.2) is 18.9 Å². The zero-order valence-electron chi connectivity index (χ0n) is 9.79. The van der Waals surface area contributed by atoms with Crippen LogP contribution in [0, 0.1) is 0 Å². The van der Waals surface area contributed by atoms with Crippen LogP contribution in [0.1, 0.15) is 12.5 Å². The Kier molecular flexibility index (Phi) is 4.82. The van der Waals surface area contributed by atoms with Crippen molar-refractivity contribution in [1.82, 2.24) is 5.32 Å². The zero-order valence-corrected chi connectivity index (χ0v) is 9.79. The summed E-state index contributed by atoms with van der Waals surface area (Å²) in [5.74, 6) is -0.0858. The third-order valence-electron chi connectivity index (χ3n) is 1.98. The summed E-state index contributed by atoms with van der Waals surface area (Å²) in [4.78, 5) is 3.91. The van der Waals surface area contributed by atoms with E-state index in [1.807, 2.05) is 6.92 Å². The molecule has 1 aromatic rings. The Bertz CT molecular complexity index is 418. The van der Waals surface area contributed by atoms with Gasteiger partial charge in [0, 0.05) is 12.1 Å². The monoisotopic (exact) mass is 261 g/mol. The molecule has 0 fully saturated rings. The van der Waals surface area contributed by atoms with Gasteiger partial charge in [-0.3, -0.25) is 0 Å². The van der Waals surface area contributed by atoms with Gasteiger partial charge in [-0.25, -0.2) is 4.99 Å². The molecule has 100 valence electrons.